The molecule has 2 rings (SSSR count). The van der Waals surface area contributed by atoms with E-state index in [-0.39, 0.29) is 0 Å². The summed E-state index contributed by atoms with van der Waals surface area (Å²) in [4.78, 5) is 0. The molecule has 15 heavy (non-hydrogen) atoms. The van der Waals surface area contributed by atoms with Crippen LogP contribution in [0.3, 0.4) is 0 Å². The van der Waals surface area contributed by atoms with Crippen LogP contribution in [0.15, 0.2) is 0 Å². The van der Waals surface area contributed by atoms with E-state index in [0.29, 0.717) is 6.04 Å². The van der Waals surface area contributed by atoms with Crippen LogP contribution < -0.4 is 5.32 Å². The second kappa shape index (κ2) is 4.31. The third kappa shape index (κ3) is 2.20. The number of nitrogens with zero attached hydrogens (tertiary/aromatic N) is 3. The van der Waals surface area contributed by atoms with Crippen molar-refractivity contribution in [2.75, 3.05) is 6.54 Å². The average molecular weight is 208 g/mol. The number of aryl methyl sites for hydroxylation is 1. The van der Waals surface area contributed by atoms with Crippen molar-refractivity contribution >= 4 is 0 Å². The quantitative estimate of drug-likeness (QED) is 0.819. The molecule has 0 aliphatic carbocycles. The highest BCUT2D eigenvalue weighted by Gasteiger charge is 2.20. The van der Waals surface area contributed by atoms with E-state index < -0.39 is 0 Å². The summed E-state index contributed by atoms with van der Waals surface area (Å²) in [5.74, 6) is 2.99. The van der Waals surface area contributed by atoms with Gasteiger partial charge >= 0.3 is 0 Å². The largest absolute Gasteiger partial charge is 0.312 e. The Balaban J connectivity index is 2.12. The normalized spacial score (nSPS) is 20.7. The first-order valence-corrected chi connectivity index (χ1v) is 5.84. The molecule has 2 heterocycles. The van der Waals surface area contributed by atoms with Crippen LogP contribution in [0.5, 0.6) is 0 Å². The standard InChI is InChI=1S/C11H20N4/c1-8(2)4-5-10-13-14-11-9(3)12-6-7-15(10)11/h8-9,12H,4-7H2,1-3H3. The SMILES string of the molecule is CC(C)CCc1nnc2n1CCNC2C. The predicted molar refractivity (Wildman–Crippen MR) is 59.6 cm³/mol. The molecule has 4 heteroatoms. The molecule has 0 saturated heterocycles. The maximum absolute atomic E-state index is 4.29. The Hall–Kier alpha value is -0.900. The van der Waals surface area contributed by atoms with Crippen LogP contribution in [-0.2, 0) is 13.0 Å². The summed E-state index contributed by atoms with van der Waals surface area (Å²) in [6.45, 7) is 8.68. The zero-order valence-electron chi connectivity index (χ0n) is 9.82. The minimum Gasteiger partial charge on any atom is -0.312 e. The van der Waals surface area contributed by atoms with Gasteiger partial charge in [0.2, 0.25) is 0 Å². The van der Waals surface area contributed by atoms with Crippen LogP contribution in [0.1, 0.15) is 44.9 Å². The van der Waals surface area contributed by atoms with Crippen molar-refractivity contribution in [1.29, 1.82) is 0 Å². The van der Waals surface area contributed by atoms with E-state index in [1.165, 1.54) is 6.42 Å². The molecule has 84 valence electrons. The fourth-order valence-corrected chi connectivity index (χ4v) is 2.00. The molecule has 0 fully saturated rings. The van der Waals surface area contributed by atoms with Crippen molar-refractivity contribution in [2.24, 2.45) is 5.92 Å². The molecule has 1 aliphatic rings. The Kier molecular flexibility index (Phi) is 3.05. The molecule has 0 radical (unpaired) electrons. The molecule has 0 saturated carbocycles. The van der Waals surface area contributed by atoms with Gasteiger partial charge in [0.05, 0.1) is 6.04 Å². The molecule has 0 aromatic carbocycles. The Morgan fingerprint density at radius 3 is 3.00 bits per heavy atom. The van der Waals surface area contributed by atoms with E-state index in [4.69, 9.17) is 0 Å². The predicted octanol–water partition coefficient (Wildman–Crippen LogP) is 1.53. The Bertz CT molecular complexity index is 329. The van der Waals surface area contributed by atoms with Gasteiger partial charge < -0.3 is 9.88 Å². The summed E-state index contributed by atoms with van der Waals surface area (Å²) in [6, 6.07) is 0.346. The molecule has 1 atom stereocenters. The Morgan fingerprint density at radius 2 is 2.27 bits per heavy atom. The molecule has 1 N–H and O–H groups in total. The van der Waals surface area contributed by atoms with Crippen molar-refractivity contribution in [1.82, 2.24) is 20.1 Å². The van der Waals surface area contributed by atoms with Gasteiger partial charge in [0.1, 0.15) is 11.6 Å². The number of rotatable bonds is 3. The third-order valence-corrected chi connectivity index (χ3v) is 2.97. The fourth-order valence-electron chi connectivity index (χ4n) is 2.00. The molecule has 4 nitrogen and oxygen atoms in total. The minimum absolute atomic E-state index is 0.346. The number of hydrogen-bond donors (Lipinski definition) is 1. The lowest BCUT2D eigenvalue weighted by molar-refractivity contribution is 0.425. The number of hydrogen-bond acceptors (Lipinski definition) is 3. The second-order valence-corrected chi connectivity index (χ2v) is 4.73. The van der Waals surface area contributed by atoms with Crippen LogP contribution in [0, 0.1) is 5.92 Å². The Labute approximate surface area is 91.1 Å². The molecular formula is C11H20N4. The van der Waals surface area contributed by atoms with Crippen LogP contribution in [0.25, 0.3) is 0 Å². The highest BCUT2D eigenvalue weighted by Crippen LogP contribution is 2.17. The van der Waals surface area contributed by atoms with Gasteiger partial charge in [-0.15, -0.1) is 10.2 Å². The lowest BCUT2D eigenvalue weighted by Crippen LogP contribution is -2.32. The number of nitrogens with one attached hydrogen (secondary N) is 1. The summed E-state index contributed by atoms with van der Waals surface area (Å²) >= 11 is 0. The highest BCUT2D eigenvalue weighted by atomic mass is 15.3. The summed E-state index contributed by atoms with van der Waals surface area (Å²) < 4.78 is 2.28. The smallest absolute Gasteiger partial charge is 0.149 e. The van der Waals surface area contributed by atoms with Crippen molar-refractivity contribution in [3.63, 3.8) is 0 Å². The van der Waals surface area contributed by atoms with E-state index >= 15 is 0 Å². The maximum Gasteiger partial charge on any atom is 0.149 e. The van der Waals surface area contributed by atoms with Crippen molar-refractivity contribution < 1.29 is 0 Å². The molecule has 0 amide bonds. The summed E-state index contributed by atoms with van der Waals surface area (Å²) in [5.41, 5.74) is 0. The second-order valence-electron chi connectivity index (χ2n) is 4.73. The minimum atomic E-state index is 0.346. The van der Waals surface area contributed by atoms with E-state index in [2.05, 4.69) is 40.9 Å². The Morgan fingerprint density at radius 1 is 1.47 bits per heavy atom. The lowest BCUT2D eigenvalue weighted by Gasteiger charge is -2.22. The maximum atomic E-state index is 4.29. The van der Waals surface area contributed by atoms with E-state index in [1.54, 1.807) is 0 Å². The van der Waals surface area contributed by atoms with Crippen molar-refractivity contribution in [3.05, 3.63) is 11.6 Å². The van der Waals surface area contributed by atoms with Gasteiger partial charge in [-0.1, -0.05) is 13.8 Å². The van der Waals surface area contributed by atoms with Gasteiger partial charge in [-0.25, -0.2) is 0 Å². The average Bonchev–Trinajstić information content (AvgIpc) is 2.59. The van der Waals surface area contributed by atoms with Gasteiger partial charge in [-0.05, 0) is 19.3 Å². The van der Waals surface area contributed by atoms with Crippen molar-refractivity contribution in [2.45, 2.75) is 46.2 Å². The van der Waals surface area contributed by atoms with Crippen LogP contribution >= 0.6 is 0 Å². The molecule has 0 bridgehead atoms. The molecule has 1 aromatic heterocycles. The van der Waals surface area contributed by atoms with Crippen LogP contribution in [0.4, 0.5) is 0 Å². The molecule has 1 unspecified atom stereocenters. The van der Waals surface area contributed by atoms with Gasteiger partial charge in [-0.3, -0.25) is 0 Å². The van der Waals surface area contributed by atoms with Crippen LogP contribution in [-0.4, -0.2) is 21.3 Å². The van der Waals surface area contributed by atoms with Crippen LogP contribution in [0.2, 0.25) is 0 Å². The molecule has 1 aromatic rings. The molecule has 1 aliphatic heterocycles. The fraction of sp³-hybridized carbons (Fsp3) is 0.818. The summed E-state index contributed by atoms with van der Waals surface area (Å²) in [5, 5.41) is 12.0. The lowest BCUT2D eigenvalue weighted by atomic mass is 10.1. The summed E-state index contributed by atoms with van der Waals surface area (Å²) in [6.07, 6.45) is 2.25. The summed E-state index contributed by atoms with van der Waals surface area (Å²) in [7, 11) is 0. The molecule has 0 spiro atoms. The number of aromatic nitrogens is 3. The van der Waals surface area contributed by atoms with Gasteiger partial charge in [0, 0.05) is 19.5 Å². The van der Waals surface area contributed by atoms with E-state index in [0.717, 1.165) is 37.1 Å². The van der Waals surface area contributed by atoms with Gasteiger partial charge in [0.25, 0.3) is 0 Å². The topological polar surface area (TPSA) is 42.7 Å². The van der Waals surface area contributed by atoms with E-state index in [9.17, 15) is 0 Å². The first kappa shape index (κ1) is 10.6. The zero-order valence-corrected chi connectivity index (χ0v) is 9.82. The number of fused-ring (bicyclic) bond motifs is 1. The first-order chi connectivity index (χ1) is 7.18. The first-order valence-electron chi connectivity index (χ1n) is 5.84. The van der Waals surface area contributed by atoms with E-state index in [1.807, 2.05) is 0 Å². The highest BCUT2D eigenvalue weighted by molar-refractivity contribution is 5.03. The van der Waals surface area contributed by atoms with Crippen molar-refractivity contribution in [3.8, 4) is 0 Å². The zero-order chi connectivity index (χ0) is 10.8. The van der Waals surface area contributed by atoms with Gasteiger partial charge in [0.15, 0.2) is 0 Å². The van der Waals surface area contributed by atoms with Gasteiger partial charge in [-0.2, -0.15) is 0 Å². The third-order valence-electron chi connectivity index (χ3n) is 2.97. The monoisotopic (exact) mass is 208 g/mol. The molecular weight excluding hydrogens is 188 g/mol.